The number of thioether (sulfide) groups is 1. The van der Waals surface area contributed by atoms with Gasteiger partial charge >= 0.3 is 0 Å². The Kier molecular flexibility index (Phi) is 8.75. The van der Waals surface area contributed by atoms with E-state index in [0.29, 0.717) is 31.9 Å². The van der Waals surface area contributed by atoms with E-state index in [9.17, 15) is 9.59 Å². The van der Waals surface area contributed by atoms with Crippen molar-refractivity contribution < 1.29 is 14.3 Å². The number of ether oxygens (including phenoxy) is 1. The fourth-order valence-electron chi connectivity index (χ4n) is 2.94. The van der Waals surface area contributed by atoms with Crippen LogP contribution in [-0.4, -0.2) is 49.1 Å². The van der Waals surface area contributed by atoms with E-state index in [1.807, 2.05) is 37.3 Å². The molecule has 186 valence electrons. The van der Waals surface area contributed by atoms with Gasteiger partial charge in [0.25, 0.3) is 5.91 Å². The first kappa shape index (κ1) is 25.9. The molecule has 0 unspecified atom stereocenters. The number of benzene rings is 2. The Morgan fingerprint density at radius 3 is 2.58 bits per heavy atom. The van der Waals surface area contributed by atoms with E-state index in [4.69, 9.17) is 27.9 Å². The number of anilines is 1. The van der Waals surface area contributed by atoms with Crippen LogP contribution in [0.3, 0.4) is 0 Å². The van der Waals surface area contributed by atoms with Crippen LogP contribution in [-0.2, 0) is 16.1 Å². The summed E-state index contributed by atoms with van der Waals surface area (Å²) in [6.07, 6.45) is 0. The van der Waals surface area contributed by atoms with E-state index in [1.54, 1.807) is 16.7 Å². The standard InChI is InChI=1S/C22H19Cl2N7O3S2/c1-13-27-29-21(36-13)26-20(33)12-35-22-30-28-18(31(22)15-5-3-2-4-6-15)10-25-19(32)11-34-17-8-7-14(23)9-16(17)24/h2-9H,10-12H2,1H3,(H,25,32)(H,26,29,33). The van der Waals surface area contributed by atoms with Gasteiger partial charge < -0.3 is 10.1 Å². The number of para-hydroxylation sites is 1. The highest BCUT2D eigenvalue weighted by Crippen LogP contribution is 2.27. The van der Waals surface area contributed by atoms with Crippen LogP contribution in [0.2, 0.25) is 10.0 Å². The number of carbonyl (C=O) groups excluding carboxylic acids is 2. The van der Waals surface area contributed by atoms with E-state index in [2.05, 4.69) is 31.0 Å². The number of aryl methyl sites for hydroxylation is 1. The number of rotatable bonds is 10. The van der Waals surface area contributed by atoms with Gasteiger partial charge in [0.2, 0.25) is 11.0 Å². The lowest BCUT2D eigenvalue weighted by Crippen LogP contribution is -2.29. The summed E-state index contributed by atoms with van der Waals surface area (Å²) in [5.74, 6) is 0.313. The summed E-state index contributed by atoms with van der Waals surface area (Å²) < 4.78 is 7.26. The Morgan fingerprint density at radius 2 is 1.86 bits per heavy atom. The highest BCUT2D eigenvalue weighted by molar-refractivity contribution is 7.99. The average Bonchev–Trinajstić information content (AvgIpc) is 3.46. The molecule has 0 spiro atoms. The summed E-state index contributed by atoms with van der Waals surface area (Å²) in [6, 6.07) is 14.2. The molecule has 0 radical (unpaired) electrons. The summed E-state index contributed by atoms with van der Waals surface area (Å²) in [4.78, 5) is 24.7. The fraction of sp³-hybridized carbons (Fsp3) is 0.182. The summed E-state index contributed by atoms with van der Waals surface area (Å²) in [7, 11) is 0. The third-order valence-corrected chi connectivity index (χ3v) is 6.73. The van der Waals surface area contributed by atoms with Gasteiger partial charge in [-0.15, -0.1) is 20.4 Å². The van der Waals surface area contributed by atoms with Crippen LogP contribution in [0.25, 0.3) is 5.69 Å². The zero-order valence-electron chi connectivity index (χ0n) is 18.8. The van der Waals surface area contributed by atoms with Gasteiger partial charge in [-0.05, 0) is 37.3 Å². The van der Waals surface area contributed by atoms with Crippen LogP contribution >= 0.6 is 46.3 Å². The molecule has 2 heterocycles. The molecule has 0 aliphatic heterocycles. The maximum Gasteiger partial charge on any atom is 0.258 e. The molecule has 0 saturated carbocycles. The number of nitrogens with one attached hydrogen (secondary N) is 2. The maximum atomic E-state index is 12.4. The zero-order chi connectivity index (χ0) is 25.5. The first-order valence-electron chi connectivity index (χ1n) is 10.5. The molecule has 36 heavy (non-hydrogen) atoms. The van der Waals surface area contributed by atoms with Crippen molar-refractivity contribution in [2.45, 2.75) is 18.6 Å². The van der Waals surface area contributed by atoms with Crippen molar-refractivity contribution in [1.82, 2.24) is 30.3 Å². The molecule has 0 saturated heterocycles. The number of amides is 2. The molecule has 0 atom stereocenters. The molecule has 2 aromatic carbocycles. The zero-order valence-corrected chi connectivity index (χ0v) is 21.9. The Bertz CT molecular complexity index is 1360. The number of aromatic nitrogens is 5. The first-order chi connectivity index (χ1) is 17.4. The monoisotopic (exact) mass is 563 g/mol. The van der Waals surface area contributed by atoms with Crippen LogP contribution in [0.1, 0.15) is 10.8 Å². The van der Waals surface area contributed by atoms with E-state index < -0.39 is 0 Å². The summed E-state index contributed by atoms with van der Waals surface area (Å²) in [5, 5.41) is 24.2. The lowest BCUT2D eigenvalue weighted by atomic mass is 10.3. The lowest BCUT2D eigenvalue weighted by Gasteiger charge is -2.11. The molecular weight excluding hydrogens is 545 g/mol. The Labute approximate surface area is 224 Å². The molecule has 4 aromatic rings. The minimum absolute atomic E-state index is 0.0889. The van der Waals surface area contributed by atoms with Crippen molar-refractivity contribution in [1.29, 1.82) is 0 Å². The molecule has 2 aromatic heterocycles. The minimum Gasteiger partial charge on any atom is -0.482 e. The molecule has 0 aliphatic carbocycles. The van der Waals surface area contributed by atoms with Gasteiger partial charge in [-0.2, -0.15) is 0 Å². The topological polar surface area (TPSA) is 124 Å². The fourth-order valence-corrected chi connectivity index (χ4v) is 4.78. The van der Waals surface area contributed by atoms with Gasteiger partial charge in [0.1, 0.15) is 10.8 Å². The van der Waals surface area contributed by atoms with Crippen molar-refractivity contribution in [3.8, 4) is 11.4 Å². The molecule has 4 rings (SSSR count). The smallest absolute Gasteiger partial charge is 0.258 e. The van der Waals surface area contributed by atoms with Crippen LogP contribution in [0.15, 0.2) is 53.7 Å². The summed E-state index contributed by atoms with van der Waals surface area (Å²) in [5.41, 5.74) is 0.790. The van der Waals surface area contributed by atoms with Crippen LogP contribution < -0.4 is 15.4 Å². The van der Waals surface area contributed by atoms with E-state index in [1.165, 1.54) is 29.2 Å². The predicted octanol–water partition coefficient (Wildman–Crippen LogP) is 4.16. The SMILES string of the molecule is Cc1nnc(NC(=O)CSc2nnc(CNC(=O)COc3ccc(Cl)cc3Cl)n2-c2ccccc2)s1. The van der Waals surface area contributed by atoms with Crippen LogP contribution in [0, 0.1) is 6.92 Å². The number of nitrogens with zero attached hydrogens (tertiary/aromatic N) is 5. The van der Waals surface area contributed by atoms with Crippen molar-refractivity contribution in [3.05, 3.63) is 69.4 Å². The highest BCUT2D eigenvalue weighted by atomic mass is 35.5. The largest absolute Gasteiger partial charge is 0.482 e. The number of hydrogen-bond acceptors (Lipinski definition) is 9. The van der Waals surface area contributed by atoms with E-state index >= 15 is 0 Å². The Morgan fingerprint density at radius 1 is 1.06 bits per heavy atom. The quantitative estimate of drug-likeness (QED) is 0.275. The third-order valence-electron chi connectivity index (χ3n) is 4.52. The summed E-state index contributed by atoms with van der Waals surface area (Å²) in [6.45, 7) is 1.66. The van der Waals surface area contributed by atoms with Crippen molar-refractivity contribution >= 4 is 63.2 Å². The Balaban J connectivity index is 1.39. The second-order valence-electron chi connectivity index (χ2n) is 7.17. The molecule has 14 heteroatoms. The molecular formula is C22H19Cl2N7O3S2. The van der Waals surface area contributed by atoms with Crippen molar-refractivity contribution in [2.24, 2.45) is 0 Å². The second kappa shape index (κ2) is 12.2. The first-order valence-corrected chi connectivity index (χ1v) is 13.0. The van der Waals surface area contributed by atoms with Gasteiger partial charge in [0, 0.05) is 10.7 Å². The number of carbonyl (C=O) groups is 2. The molecule has 2 N–H and O–H groups in total. The van der Waals surface area contributed by atoms with Gasteiger partial charge in [-0.3, -0.25) is 19.5 Å². The van der Waals surface area contributed by atoms with Crippen LogP contribution in [0.5, 0.6) is 5.75 Å². The number of halogens is 2. The molecule has 0 fully saturated rings. The second-order valence-corrected chi connectivity index (χ2v) is 10.1. The van der Waals surface area contributed by atoms with Gasteiger partial charge in [-0.1, -0.05) is 64.5 Å². The summed E-state index contributed by atoms with van der Waals surface area (Å²) >= 11 is 14.5. The average molecular weight is 564 g/mol. The van der Waals surface area contributed by atoms with Gasteiger partial charge in [0.15, 0.2) is 17.6 Å². The Hall–Kier alpha value is -3.19. The van der Waals surface area contributed by atoms with Gasteiger partial charge in [0.05, 0.1) is 17.3 Å². The molecule has 0 aliphatic rings. The van der Waals surface area contributed by atoms with Gasteiger partial charge in [-0.25, -0.2) is 0 Å². The van der Waals surface area contributed by atoms with E-state index in [0.717, 1.165) is 10.7 Å². The minimum atomic E-state index is -0.371. The molecule has 10 nitrogen and oxygen atoms in total. The predicted molar refractivity (Wildman–Crippen MR) is 139 cm³/mol. The van der Waals surface area contributed by atoms with Crippen molar-refractivity contribution in [2.75, 3.05) is 17.7 Å². The normalized spacial score (nSPS) is 10.8. The van der Waals surface area contributed by atoms with Crippen molar-refractivity contribution in [3.63, 3.8) is 0 Å². The highest BCUT2D eigenvalue weighted by Gasteiger charge is 2.17. The molecule has 2 amide bonds. The maximum absolute atomic E-state index is 12.4. The lowest BCUT2D eigenvalue weighted by molar-refractivity contribution is -0.123. The van der Waals surface area contributed by atoms with E-state index in [-0.39, 0.29) is 30.7 Å². The third kappa shape index (κ3) is 6.94. The number of hydrogen-bond donors (Lipinski definition) is 2. The molecule has 0 bridgehead atoms. The van der Waals surface area contributed by atoms with Crippen LogP contribution in [0.4, 0.5) is 5.13 Å².